The third-order valence-electron chi connectivity index (χ3n) is 0.638. The Morgan fingerprint density at radius 3 is 1.44 bits per heavy atom. The van der Waals surface area contributed by atoms with E-state index < -0.39 is 15.5 Å². The third-order valence-corrected chi connectivity index (χ3v) is 2.39. The van der Waals surface area contributed by atoms with E-state index in [-0.39, 0.29) is 0 Å². The molecule has 9 heavy (non-hydrogen) atoms. The number of aliphatic hydroxyl groups is 2. The monoisotopic (exact) mass is 212 g/mol. The van der Waals surface area contributed by atoms with E-state index in [1.807, 2.05) is 0 Å². The van der Waals surface area contributed by atoms with Crippen molar-refractivity contribution in [1.29, 1.82) is 0 Å². The topological polar surface area (TPSA) is 40.5 Å². The lowest BCUT2D eigenvalue weighted by molar-refractivity contribution is 0.0239. The first-order valence-electron chi connectivity index (χ1n) is 1.88. The fourth-order valence-corrected chi connectivity index (χ4v) is 0.544. The molecule has 0 bridgehead atoms. The molecular weight excluding hydrogens is 210 g/mol. The van der Waals surface area contributed by atoms with E-state index in [1.54, 1.807) is 0 Å². The maximum absolute atomic E-state index is 8.78. The molecule has 0 fully saturated rings. The highest BCUT2D eigenvalue weighted by molar-refractivity contribution is 6.52. The highest BCUT2D eigenvalue weighted by Crippen LogP contribution is 2.35. The van der Waals surface area contributed by atoms with Gasteiger partial charge in [0, 0.05) is 0 Å². The molecule has 0 radical (unpaired) electrons. The Labute approximate surface area is 72.3 Å². The number of rotatable bonds is 2. The van der Waals surface area contributed by atoms with Crippen LogP contribution in [0.3, 0.4) is 0 Å². The summed E-state index contributed by atoms with van der Waals surface area (Å²) in [6.45, 7) is 0. The Bertz CT molecular complexity index is 96.5. The molecular formula is C3H4Cl4O2. The summed E-state index contributed by atoms with van der Waals surface area (Å²) in [5.74, 6) is -0.460. The van der Waals surface area contributed by atoms with E-state index >= 15 is 0 Å². The number of hydrogen-bond donors (Lipinski definition) is 2. The maximum Gasteiger partial charge on any atom is 0.260 e. The van der Waals surface area contributed by atoms with Gasteiger partial charge < -0.3 is 10.2 Å². The van der Waals surface area contributed by atoms with Crippen molar-refractivity contribution in [3.8, 4) is 0 Å². The summed E-state index contributed by atoms with van der Waals surface area (Å²) in [5.41, 5.74) is 0. The van der Waals surface area contributed by atoms with Crippen molar-refractivity contribution in [2.24, 2.45) is 0 Å². The molecule has 0 aliphatic carbocycles. The van der Waals surface area contributed by atoms with Gasteiger partial charge in [-0.2, -0.15) is 0 Å². The quantitative estimate of drug-likeness (QED) is 0.679. The van der Waals surface area contributed by atoms with Gasteiger partial charge in [-0.15, -0.1) is 11.6 Å². The molecule has 6 heteroatoms. The lowest BCUT2D eigenvalue weighted by Crippen LogP contribution is -2.42. The zero-order valence-electron chi connectivity index (χ0n) is 4.11. The minimum atomic E-state index is -2.42. The molecule has 0 heterocycles. The fraction of sp³-hybridized carbons (Fsp3) is 1.00. The third kappa shape index (κ3) is 2.66. The first kappa shape index (κ1) is 10.1. The van der Waals surface area contributed by atoms with Crippen LogP contribution in [-0.2, 0) is 0 Å². The van der Waals surface area contributed by atoms with Crippen molar-refractivity contribution in [2.75, 3.05) is 5.88 Å². The molecule has 0 saturated carbocycles. The summed E-state index contributed by atoms with van der Waals surface area (Å²) >= 11 is 20.1. The van der Waals surface area contributed by atoms with E-state index in [2.05, 4.69) is 0 Å². The van der Waals surface area contributed by atoms with Crippen LogP contribution in [0.2, 0.25) is 0 Å². The van der Waals surface area contributed by atoms with Gasteiger partial charge in [0.2, 0.25) is 5.06 Å². The summed E-state index contributed by atoms with van der Waals surface area (Å²) in [6, 6.07) is 0. The lowest BCUT2D eigenvalue weighted by Gasteiger charge is -2.25. The predicted octanol–water partition coefficient (Wildman–Crippen LogP) is 1.28. The van der Waals surface area contributed by atoms with Crippen molar-refractivity contribution in [1.82, 2.24) is 0 Å². The van der Waals surface area contributed by atoms with E-state index in [4.69, 9.17) is 56.6 Å². The molecule has 0 amide bonds. The van der Waals surface area contributed by atoms with Crippen LogP contribution in [0.1, 0.15) is 0 Å². The highest BCUT2D eigenvalue weighted by Gasteiger charge is 2.44. The molecule has 1 unspecified atom stereocenters. The zero-order valence-corrected chi connectivity index (χ0v) is 7.14. The molecule has 56 valence electrons. The van der Waals surface area contributed by atoms with Gasteiger partial charge >= 0.3 is 0 Å². The van der Waals surface area contributed by atoms with Crippen LogP contribution in [0, 0.1) is 0 Å². The number of alkyl halides is 4. The average Bonchev–Trinajstić information content (AvgIpc) is 1.64. The molecule has 0 aliphatic rings. The molecule has 0 saturated heterocycles. The van der Waals surface area contributed by atoms with Crippen molar-refractivity contribution in [2.45, 2.75) is 9.58 Å². The van der Waals surface area contributed by atoms with Gasteiger partial charge in [-0.05, 0) is 0 Å². The smallest absolute Gasteiger partial charge is 0.260 e. The van der Waals surface area contributed by atoms with Gasteiger partial charge in [-0.3, -0.25) is 0 Å². The average molecular weight is 214 g/mol. The Hall–Kier alpha value is 1.08. The van der Waals surface area contributed by atoms with Crippen LogP contribution in [0.5, 0.6) is 0 Å². The Balaban J connectivity index is 4.14. The van der Waals surface area contributed by atoms with Crippen molar-refractivity contribution in [3.63, 3.8) is 0 Å². The van der Waals surface area contributed by atoms with Gasteiger partial charge in [0.05, 0.1) is 5.88 Å². The van der Waals surface area contributed by atoms with E-state index in [1.165, 1.54) is 0 Å². The molecule has 0 aromatic carbocycles. The van der Waals surface area contributed by atoms with Crippen LogP contribution in [0.25, 0.3) is 0 Å². The van der Waals surface area contributed by atoms with Gasteiger partial charge in [0.15, 0.2) is 0 Å². The van der Waals surface area contributed by atoms with Crippen LogP contribution in [-0.4, -0.2) is 25.7 Å². The van der Waals surface area contributed by atoms with Crippen molar-refractivity contribution < 1.29 is 10.2 Å². The van der Waals surface area contributed by atoms with Crippen LogP contribution in [0.15, 0.2) is 0 Å². The molecule has 2 nitrogen and oxygen atoms in total. The number of halogens is 4. The van der Waals surface area contributed by atoms with Gasteiger partial charge in [-0.1, -0.05) is 34.8 Å². The van der Waals surface area contributed by atoms with E-state index in [0.717, 1.165) is 0 Å². The lowest BCUT2D eigenvalue weighted by atomic mass is 10.4. The maximum atomic E-state index is 8.78. The Morgan fingerprint density at radius 1 is 1.11 bits per heavy atom. The Morgan fingerprint density at radius 2 is 1.44 bits per heavy atom. The molecule has 0 aromatic rings. The number of hydrogen-bond acceptors (Lipinski definition) is 2. The standard InChI is InChI=1S/C3H4Cl4O2/c4-1-2(5,8)3(6,7)9/h8-9H,1H2. The van der Waals surface area contributed by atoms with Crippen LogP contribution >= 0.6 is 46.4 Å². The minimum Gasteiger partial charge on any atom is -0.369 e. The first-order chi connectivity index (χ1) is 3.81. The molecule has 1 atom stereocenters. The summed E-state index contributed by atoms with van der Waals surface area (Å²) in [7, 11) is 0. The van der Waals surface area contributed by atoms with Crippen LogP contribution in [0.4, 0.5) is 0 Å². The predicted molar refractivity (Wildman–Crippen MR) is 38.2 cm³/mol. The fourth-order valence-electron chi connectivity index (χ4n) is 0.0804. The van der Waals surface area contributed by atoms with Gasteiger partial charge in [0.25, 0.3) is 4.52 Å². The largest absolute Gasteiger partial charge is 0.369 e. The first-order valence-corrected chi connectivity index (χ1v) is 3.55. The van der Waals surface area contributed by atoms with Crippen LogP contribution < -0.4 is 0 Å². The SMILES string of the molecule is OC(Cl)(Cl)C(O)(Cl)CCl. The van der Waals surface area contributed by atoms with Gasteiger partial charge in [-0.25, -0.2) is 0 Å². The molecule has 0 aliphatic heterocycles. The summed E-state index contributed by atoms with van der Waals surface area (Å²) in [4.78, 5) is 0. The Kier molecular flexibility index (Phi) is 3.35. The molecule has 0 aromatic heterocycles. The summed E-state index contributed by atoms with van der Waals surface area (Å²) in [6.07, 6.45) is 0. The molecule has 0 rings (SSSR count). The van der Waals surface area contributed by atoms with E-state index in [0.29, 0.717) is 0 Å². The normalized spacial score (nSPS) is 19.3. The van der Waals surface area contributed by atoms with E-state index in [9.17, 15) is 0 Å². The van der Waals surface area contributed by atoms with Crippen molar-refractivity contribution in [3.05, 3.63) is 0 Å². The second-order valence-electron chi connectivity index (χ2n) is 1.43. The van der Waals surface area contributed by atoms with Crippen molar-refractivity contribution >= 4 is 46.4 Å². The zero-order chi connectivity index (χ0) is 7.71. The highest BCUT2D eigenvalue weighted by atomic mass is 35.5. The van der Waals surface area contributed by atoms with Gasteiger partial charge in [0.1, 0.15) is 0 Å². The summed E-state index contributed by atoms with van der Waals surface area (Å²) < 4.78 is -2.42. The minimum absolute atomic E-state index is 0.460. The summed E-state index contributed by atoms with van der Waals surface area (Å²) in [5, 5.41) is 15.2. The molecule has 2 N–H and O–H groups in total. The molecule has 0 spiro atoms. The second kappa shape index (κ2) is 2.99. The second-order valence-corrected chi connectivity index (χ2v) is 3.61.